The number of aliphatic hydroxyl groups excluding tert-OH is 1. The fraction of sp³-hybridized carbons (Fsp3) is 0.588. The molecule has 1 aromatic carbocycles. The highest BCUT2D eigenvalue weighted by Crippen LogP contribution is 2.17. The van der Waals surface area contributed by atoms with Crippen molar-refractivity contribution in [3.05, 3.63) is 29.8 Å². The molecule has 0 aliphatic heterocycles. The fourth-order valence-electron chi connectivity index (χ4n) is 2.02. The maximum atomic E-state index is 11.1. The summed E-state index contributed by atoms with van der Waals surface area (Å²) in [4.78, 5) is 11.1. The van der Waals surface area contributed by atoms with E-state index < -0.39 is 6.10 Å². The van der Waals surface area contributed by atoms with Crippen LogP contribution in [-0.4, -0.2) is 36.9 Å². The first-order chi connectivity index (χ1) is 10.4. The Kier molecular flexibility index (Phi) is 8.09. The van der Waals surface area contributed by atoms with E-state index in [4.69, 9.17) is 4.74 Å². The maximum Gasteiger partial charge on any atom is 0.221 e. The molecule has 5 nitrogen and oxygen atoms in total. The number of hydrogen-bond acceptors (Lipinski definition) is 4. The standard InChI is InChI=1S/C17H28N2O3/c1-12(2)10-22-11-17(21)9-18-13(3)15-6-5-7-16(8-15)19-14(4)20/h5-8,12-13,17-18,21H,9-11H2,1-4H3,(H,19,20). The second-order valence-corrected chi connectivity index (χ2v) is 6.02. The molecule has 0 aromatic heterocycles. The first-order valence-corrected chi connectivity index (χ1v) is 7.75. The van der Waals surface area contributed by atoms with Crippen molar-refractivity contribution in [1.82, 2.24) is 5.32 Å². The van der Waals surface area contributed by atoms with Gasteiger partial charge in [0, 0.05) is 31.8 Å². The quantitative estimate of drug-likeness (QED) is 0.655. The zero-order chi connectivity index (χ0) is 16.5. The smallest absolute Gasteiger partial charge is 0.221 e. The van der Waals surface area contributed by atoms with Crippen LogP contribution in [0.3, 0.4) is 0 Å². The van der Waals surface area contributed by atoms with Crippen LogP contribution in [-0.2, 0) is 9.53 Å². The average molecular weight is 308 g/mol. The van der Waals surface area contributed by atoms with Crippen molar-refractivity contribution in [2.45, 2.75) is 39.8 Å². The molecule has 1 amide bonds. The van der Waals surface area contributed by atoms with Crippen LogP contribution >= 0.6 is 0 Å². The lowest BCUT2D eigenvalue weighted by Crippen LogP contribution is -2.32. The molecule has 0 aliphatic carbocycles. The number of benzene rings is 1. The third-order valence-corrected chi connectivity index (χ3v) is 3.13. The van der Waals surface area contributed by atoms with Gasteiger partial charge in [0.05, 0.1) is 12.7 Å². The van der Waals surface area contributed by atoms with E-state index in [2.05, 4.69) is 24.5 Å². The Morgan fingerprint density at radius 3 is 2.64 bits per heavy atom. The number of carbonyl (C=O) groups excluding carboxylic acids is 1. The van der Waals surface area contributed by atoms with Crippen LogP contribution in [0.25, 0.3) is 0 Å². The molecular weight excluding hydrogens is 280 g/mol. The number of hydrogen-bond donors (Lipinski definition) is 3. The largest absolute Gasteiger partial charge is 0.389 e. The number of aliphatic hydroxyl groups is 1. The van der Waals surface area contributed by atoms with Gasteiger partial charge in [-0.2, -0.15) is 0 Å². The van der Waals surface area contributed by atoms with E-state index in [1.54, 1.807) is 0 Å². The molecule has 2 atom stereocenters. The van der Waals surface area contributed by atoms with Gasteiger partial charge in [0.2, 0.25) is 5.91 Å². The van der Waals surface area contributed by atoms with Crippen molar-refractivity contribution in [1.29, 1.82) is 0 Å². The summed E-state index contributed by atoms with van der Waals surface area (Å²) in [5, 5.41) is 15.9. The van der Waals surface area contributed by atoms with Gasteiger partial charge in [0.25, 0.3) is 0 Å². The molecule has 5 heteroatoms. The predicted octanol–water partition coefficient (Wildman–Crippen LogP) is 2.33. The highest BCUT2D eigenvalue weighted by atomic mass is 16.5. The monoisotopic (exact) mass is 308 g/mol. The number of carbonyl (C=O) groups is 1. The Labute approximate surface area is 133 Å². The van der Waals surface area contributed by atoms with Crippen molar-refractivity contribution >= 4 is 11.6 Å². The van der Waals surface area contributed by atoms with Gasteiger partial charge >= 0.3 is 0 Å². The molecule has 0 aliphatic rings. The summed E-state index contributed by atoms with van der Waals surface area (Å²) >= 11 is 0. The number of rotatable bonds is 9. The average Bonchev–Trinajstić information content (AvgIpc) is 2.44. The molecule has 124 valence electrons. The number of anilines is 1. The topological polar surface area (TPSA) is 70.6 Å². The second kappa shape index (κ2) is 9.56. The lowest BCUT2D eigenvalue weighted by molar-refractivity contribution is -0.114. The van der Waals surface area contributed by atoms with Gasteiger partial charge in [0.15, 0.2) is 0 Å². The Balaban J connectivity index is 2.41. The first kappa shape index (κ1) is 18.6. The van der Waals surface area contributed by atoms with Crippen LogP contribution in [0, 0.1) is 5.92 Å². The molecule has 1 rings (SSSR count). The molecule has 1 aromatic rings. The van der Waals surface area contributed by atoms with Crippen molar-refractivity contribution in [3.8, 4) is 0 Å². The van der Waals surface area contributed by atoms with Crippen molar-refractivity contribution in [2.75, 3.05) is 25.1 Å². The summed E-state index contributed by atoms with van der Waals surface area (Å²) in [6.45, 7) is 9.12. The molecule has 0 radical (unpaired) electrons. The number of amides is 1. The SMILES string of the molecule is CC(=O)Nc1cccc(C(C)NCC(O)COCC(C)C)c1. The van der Waals surface area contributed by atoms with Gasteiger partial charge in [-0.05, 0) is 30.5 Å². The molecule has 0 bridgehead atoms. The minimum absolute atomic E-state index is 0.0773. The highest BCUT2D eigenvalue weighted by Gasteiger charge is 2.10. The Bertz CT molecular complexity index is 463. The van der Waals surface area contributed by atoms with Gasteiger partial charge in [-0.3, -0.25) is 4.79 Å². The third kappa shape index (κ3) is 7.54. The van der Waals surface area contributed by atoms with Crippen molar-refractivity contribution in [3.63, 3.8) is 0 Å². The first-order valence-electron chi connectivity index (χ1n) is 7.75. The summed E-state index contributed by atoms with van der Waals surface area (Å²) in [7, 11) is 0. The van der Waals surface area contributed by atoms with Crippen LogP contribution in [0.4, 0.5) is 5.69 Å². The molecule has 22 heavy (non-hydrogen) atoms. The minimum atomic E-state index is -0.528. The number of nitrogens with one attached hydrogen (secondary N) is 2. The van der Waals surface area contributed by atoms with E-state index in [0.717, 1.165) is 11.3 Å². The zero-order valence-electron chi connectivity index (χ0n) is 13.9. The fourth-order valence-corrected chi connectivity index (χ4v) is 2.02. The van der Waals surface area contributed by atoms with E-state index in [1.165, 1.54) is 6.92 Å². The zero-order valence-corrected chi connectivity index (χ0v) is 13.9. The molecule has 3 N–H and O–H groups in total. The van der Waals surface area contributed by atoms with E-state index in [9.17, 15) is 9.90 Å². The van der Waals surface area contributed by atoms with Crippen LogP contribution in [0.5, 0.6) is 0 Å². The van der Waals surface area contributed by atoms with Crippen LogP contribution in [0.15, 0.2) is 24.3 Å². The molecule has 0 heterocycles. The van der Waals surface area contributed by atoms with Crippen molar-refractivity contribution < 1.29 is 14.6 Å². The van der Waals surface area contributed by atoms with E-state index >= 15 is 0 Å². The maximum absolute atomic E-state index is 11.1. The van der Waals surface area contributed by atoms with Gasteiger partial charge < -0.3 is 20.5 Å². The second-order valence-electron chi connectivity index (χ2n) is 6.02. The van der Waals surface area contributed by atoms with Gasteiger partial charge in [0.1, 0.15) is 0 Å². The van der Waals surface area contributed by atoms with Crippen LogP contribution in [0.1, 0.15) is 39.3 Å². The van der Waals surface area contributed by atoms with Crippen molar-refractivity contribution in [2.24, 2.45) is 5.92 Å². The van der Waals surface area contributed by atoms with Gasteiger partial charge in [-0.1, -0.05) is 26.0 Å². The molecule has 0 saturated carbocycles. The molecule has 0 spiro atoms. The summed E-state index contributed by atoms with van der Waals surface area (Å²) in [6.07, 6.45) is -0.528. The predicted molar refractivity (Wildman–Crippen MR) is 88.8 cm³/mol. The third-order valence-electron chi connectivity index (χ3n) is 3.13. The highest BCUT2D eigenvalue weighted by molar-refractivity contribution is 5.88. The van der Waals surface area contributed by atoms with E-state index in [-0.39, 0.29) is 11.9 Å². The van der Waals surface area contributed by atoms with Gasteiger partial charge in [-0.15, -0.1) is 0 Å². The lowest BCUT2D eigenvalue weighted by atomic mass is 10.1. The Morgan fingerprint density at radius 1 is 1.27 bits per heavy atom. The van der Waals surface area contributed by atoms with Gasteiger partial charge in [-0.25, -0.2) is 0 Å². The van der Waals surface area contributed by atoms with E-state index in [0.29, 0.717) is 25.7 Å². The molecular formula is C17H28N2O3. The molecule has 0 fully saturated rings. The van der Waals surface area contributed by atoms with Crippen LogP contribution in [0.2, 0.25) is 0 Å². The minimum Gasteiger partial charge on any atom is -0.389 e. The normalized spacial score (nSPS) is 13.9. The van der Waals surface area contributed by atoms with Crippen LogP contribution < -0.4 is 10.6 Å². The number of ether oxygens (including phenoxy) is 1. The molecule has 2 unspecified atom stereocenters. The summed E-state index contributed by atoms with van der Waals surface area (Å²) < 4.78 is 5.42. The molecule has 0 saturated heterocycles. The summed E-state index contributed by atoms with van der Waals surface area (Å²) in [6, 6.07) is 7.76. The Hall–Kier alpha value is -1.43. The van der Waals surface area contributed by atoms with E-state index in [1.807, 2.05) is 31.2 Å². The summed E-state index contributed by atoms with van der Waals surface area (Å²) in [5.74, 6) is 0.381. The lowest BCUT2D eigenvalue weighted by Gasteiger charge is -2.18. The summed E-state index contributed by atoms with van der Waals surface area (Å²) in [5.41, 5.74) is 1.83. The Morgan fingerprint density at radius 2 is 2.00 bits per heavy atom.